The number of aromatic nitrogens is 1. The van der Waals surface area contributed by atoms with Gasteiger partial charge in [-0.05, 0) is 49.7 Å². The molecule has 124 valence electrons. The highest BCUT2D eigenvalue weighted by Crippen LogP contribution is 2.28. The molecule has 1 aromatic heterocycles. The average molecular weight is 363 g/mol. The molecule has 2 aromatic carbocycles. The maximum Gasteiger partial charge on any atom is 0.261 e. The summed E-state index contributed by atoms with van der Waals surface area (Å²) in [6.45, 7) is 3.66. The summed E-state index contributed by atoms with van der Waals surface area (Å²) >= 11 is 5.88. The van der Waals surface area contributed by atoms with Gasteiger partial charge in [-0.15, -0.1) is 0 Å². The molecule has 1 N–H and O–H groups in total. The third-order valence-corrected chi connectivity index (χ3v) is 5.20. The van der Waals surface area contributed by atoms with Gasteiger partial charge in [-0.3, -0.25) is 4.72 Å². The number of sulfonamides is 1. The number of halogens is 1. The van der Waals surface area contributed by atoms with E-state index in [0.717, 1.165) is 16.8 Å². The molecule has 0 spiro atoms. The number of hydrogen-bond acceptors (Lipinski definition) is 4. The molecule has 0 atom stereocenters. The van der Waals surface area contributed by atoms with Gasteiger partial charge in [-0.1, -0.05) is 35.0 Å². The second-order valence-corrected chi connectivity index (χ2v) is 7.46. The first kappa shape index (κ1) is 16.5. The van der Waals surface area contributed by atoms with Crippen LogP contribution in [-0.4, -0.2) is 13.6 Å². The molecule has 0 saturated carbocycles. The van der Waals surface area contributed by atoms with E-state index in [1.807, 2.05) is 13.8 Å². The molecule has 7 heteroatoms. The van der Waals surface area contributed by atoms with Gasteiger partial charge in [0.15, 0.2) is 0 Å². The van der Waals surface area contributed by atoms with Crippen molar-refractivity contribution in [3.8, 4) is 11.1 Å². The van der Waals surface area contributed by atoms with Crippen LogP contribution < -0.4 is 4.72 Å². The molecule has 0 saturated heterocycles. The van der Waals surface area contributed by atoms with Crippen molar-refractivity contribution >= 4 is 27.3 Å². The summed E-state index contributed by atoms with van der Waals surface area (Å²) < 4.78 is 32.6. The van der Waals surface area contributed by atoms with E-state index in [-0.39, 0.29) is 4.90 Å². The Balaban J connectivity index is 1.90. The fourth-order valence-electron chi connectivity index (χ4n) is 2.46. The Labute approximate surface area is 145 Å². The Bertz CT molecular complexity index is 960. The van der Waals surface area contributed by atoms with E-state index in [0.29, 0.717) is 16.5 Å². The van der Waals surface area contributed by atoms with E-state index in [2.05, 4.69) is 9.88 Å². The van der Waals surface area contributed by atoms with Crippen LogP contribution >= 0.6 is 11.6 Å². The van der Waals surface area contributed by atoms with E-state index >= 15 is 0 Å². The summed E-state index contributed by atoms with van der Waals surface area (Å²) in [5, 5.41) is 4.37. The second-order valence-electron chi connectivity index (χ2n) is 5.34. The number of anilines is 1. The van der Waals surface area contributed by atoms with Crippen molar-refractivity contribution in [1.29, 1.82) is 0 Å². The molecule has 5 nitrogen and oxygen atoms in total. The lowest BCUT2D eigenvalue weighted by Crippen LogP contribution is -2.12. The monoisotopic (exact) mass is 362 g/mol. The fourth-order valence-corrected chi connectivity index (χ4v) is 3.70. The minimum atomic E-state index is -3.68. The smallest absolute Gasteiger partial charge is 0.261 e. The van der Waals surface area contributed by atoms with Gasteiger partial charge in [0.1, 0.15) is 5.76 Å². The number of nitrogens with one attached hydrogen (secondary N) is 1. The minimum Gasteiger partial charge on any atom is -0.361 e. The molecule has 0 fully saturated rings. The van der Waals surface area contributed by atoms with E-state index in [1.54, 1.807) is 48.5 Å². The summed E-state index contributed by atoms with van der Waals surface area (Å²) in [5.74, 6) is 0.695. The normalized spacial score (nSPS) is 11.5. The lowest BCUT2D eigenvalue weighted by atomic mass is 10.0. The van der Waals surface area contributed by atoms with Crippen molar-refractivity contribution < 1.29 is 12.9 Å². The first-order valence-corrected chi connectivity index (χ1v) is 9.04. The third kappa shape index (κ3) is 3.29. The average Bonchev–Trinajstić information content (AvgIpc) is 2.86. The molecule has 0 amide bonds. The fraction of sp³-hybridized carbons (Fsp3) is 0.118. The molecule has 24 heavy (non-hydrogen) atoms. The zero-order chi connectivity index (χ0) is 17.3. The van der Waals surface area contributed by atoms with E-state index in [4.69, 9.17) is 16.1 Å². The second kappa shape index (κ2) is 6.30. The van der Waals surface area contributed by atoms with Crippen LogP contribution in [0.4, 0.5) is 5.69 Å². The van der Waals surface area contributed by atoms with Crippen LogP contribution in [0.3, 0.4) is 0 Å². The molecular formula is C17H15ClN2O3S. The Morgan fingerprint density at radius 3 is 2.38 bits per heavy atom. The van der Waals surface area contributed by atoms with Gasteiger partial charge in [-0.25, -0.2) is 8.42 Å². The number of aryl methyl sites for hydroxylation is 2. The Morgan fingerprint density at radius 2 is 1.79 bits per heavy atom. The Kier molecular flexibility index (Phi) is 4.34. The molecule has 1 heterocycles. The van der Waals surface area contributed by atoms with Gasteiger partial charge in [0, 0.05) is 10.6 Å². The minimum absolute atomic E-state index is 0.165. The molecule has 0 bridgehead atoms. The zero-order valence-electron chi connectivity index (χ0n) is 13.1. The Morgan fingerprint density at radius 1 is 1.08 bits per heavy atom. The van der Waals surface area contributed by atoms with Crippen LogP contribution in [0.5, 0.6) is 0 Å². The van der Waals surface area contributed by atoms with Crippen molar-refractivity contribution in [3.05, 3.63) is 65.0 Å². The van der Waals surface area contributed by atoms with Crippen LogP contribution in [-0.2, 0) is 10.0 Å². The maximum absolute atomic E-state index is 12.5. The number of nitrogens with zero attached hydrogens (tertiary/aromatic N) is 1. The standard InChI is InChI=1S/C17H15ClN2O3S/c1-11-17(12(2)23-19-11)13-6-8-16(9-7-13)24(21,22)20-15-5-3-4-14(18)10-15/h3-10,20H,1-2H3. The van der Waals surface area contributed by atoms with Crippen LogP contribution in [0, 0.1) is 13.8 Å². The van der Waals surface area contributed by atoms with E-state index in [9.17, 15) is 8.42 Å². The lowest BCUT2D eigenvalue weighted by molar-refractivity contribution is 0.393. The summed E-state index contributed by atoms with van der Waals surface area (Å²) in [7, 11) is -3.68. The first-order valence-electron chi connectivity index (χ1n) is 7.18. The predicted octanol–water partition coefficient (Wildman–Crippen LogP) is 4.41. The summed E-state index contributed by atoms with van der Waals surface area (Å²) in [5.41, 5.74) is 2.91. The van der Waals surface area contributed by atoms with Crippen LogP contribution in [0.25, 0.3) is 11.1 Å². The highest BCUT2D eigenvalue weighted by Gasteiger charge is 2.16. The highest BCUT2D eigenvalue weighted by atomic mass is 35.5. The molecular weight excluding hydrogens is 348 g/mol. The number of rotatable bonds is 4. The zero-order valence-corrected chi connectivity index (χ0v) is 14.6. The highest BCUT2D eigenvalue weighted by molar-refractivity contribution is 7.92. The largest absolute Gasteiger partial charge is 0.361 e. The lowest BCUT2D eigenvalue weighted by Gasteiger charge is -2.09. The van der Waals surface area contributed by atoms with Crippen molar-refractivity contribution in [2.24, 2.45) is 0 Å². The Hall–Kier alpha value is -2.31. The van der Waals surface area contributed by atoms with Gasteiger partial charge in [0.2, 0.25) is 0 Å². The van der Waals surface area contributed by atoms with E-state index in [1.165, 1.54) is 0 Å². The SMILES string of the molecule is Cc1noc(C)c1-c1ccc(S(=O)(=O)Nc2cccc(Cl)c2)cc1. The van der Waals surface area contributed by atoms with Crippen molar-refractivity contribution in [1.82, 2.24) is 5.16 Å². The topological polar surface area (TPSA) is 72.2 Å². The van der Waals surface area contributed by atoms with Crippen LogP contribution in [0.1, 0.15) is 11.5 Å². The van der Waals surface area contributed by atoms with E-state index < -0.39 is 10.0 Å². The summed E-state index contributed by atoms with van der Waals surface area (Å²) in [4.78, 5) is 0.165. The molecule has 0 radical (unpaired) electrons. The number of hydrogen-bond donors (Lipinski definition) is 1. The molecule has 0 aliphatic carbocycles. The van der Waals surface area contributed by atoms with Crippen LogP contribution in [0.2, 0.25) is 5.02 Å². The molecule has 3 rings (SSSR count). The van der Waals surface area contributed by atoms with Crippen molar-refractivity contribution in [2.45, 2.75) is 18.7 Å². The predicted molar refractivity (Wildman–Crippen MR) is 93.7 cm³/mol. The summed E-state index contributed by atoms with van der Waals surface area (Å²) in [6.07, 6.45) is 0. The molecule has 0 aliphatic heterocycles. The van der Waals surface area contributed by atoms with Gasteiger partial charge in [0.05, 0.1) is 16.3 Å². The van der Waals surface area contributed by atoms with Gasteiger partial charge in [0.25, 0.3) is 10.0 Å². The van der Waals surface area contributed by atoms with Gasteiger partial charge >= 0.3 is 0 Å². The quantitative estimate of drug-likeness (QED) is 0.746. The van der Waals surface area contributed by atoms with Gasteiger partial charge < -0.3 is 4.52 Å². The van der Waals surface area contributed by atoms with Gasteiger partial charge in [-0.2, -0.15) is 0 Å². The maximum atomic E-state index is 12.5. The van der Waals surface area contributed by atoms with Crippen molar-refractivity contribution in [2.75, 3.05) is 4.72 Å². The molecule has 3 aromatic rings. The molecule has 0 aliphatic rings. The molecule has 0 unspecified atom stereocenters. The first-order chi connectivity index (χ1) is 11.4. The number of benzene rings is 2. The third-order valence-electron chi connectivity index (χ3n) is 3.56. The van der Waals surface area contributed by atoms with Crippen molar-refractivity contribution in [3.63, 3.8) is 0 Å². The summed E-state index contributed by atoms with van der Waals surface area (Å²) in [6, 6.07) is 13.1. The van der Waals surface area contributed by atoms with Crippen LogP contribution in [0.15, 0.2) is 57.9 Å².